The van der Waals surface area contributed by atoms with Crippen LogP contribution in [0.3, 0.4) is 0 Å². The van der Waals surface area contributed by atoms with Gasteiger partial charge in [0.25, 0.3) is 0 Å². The first kappa shape index (κ1) is 11.2. The van der Waals surface area contributed by atoms with E-state index in [2.05, 4.69) is 43.3 Å². The predicted octanol–water partition coefficient (Wildman–Crippen LogP) is 1.40. The van der Waals surface area contributed by atoms with E-state index in [0.717, 1.165) is 6.42 Å². The Morgan fingerprint density at radius 1 is 1.29 bits per heavy atom. The lowest BCUT2D eigenvalue weighted by Gasteiger charge is -2.34. The minimum Gasteiger partial charge on any atom is -0.315 e. The molecule has 0 atom stereocenters. The van der Waals surface area contributed by atoms with Gasteiger partial charge in [-0.3, -0.25) is 0 Å². The van der Waals surface area contributed by atoms with Crippen molar-refractivity contribution < 1.29 is 0 Å². The highest BCUT2D eigenvalue weighted by Gasteiger charge is 2.29. The van der Waals surface area contributed by atoms with E-state index in [0.29, 0.717) is 0 Å². The molecule has 1 N–H and O–H groups in total. The fourth-order valence-corrected chi connectivity index (χ4v) is 1.78. The Morgan fingerprint density at radius 3 is 2.36 bits per heavy atom. The minimum atomic E-state index is -0.0109. The zero-order valence-electron chi connectivity index (χ0n) is 9.70. The van der Waals surface area contributed by atoms with Gasteiger partial charge in [-0.05, 0) is 41.2 Å². The van der Waals surface area contributed by atoms with Gasteiger partial charge in [0.2, 0.25) is 0 Å². The van der Waals surface area contributed by atoms with Gasteiger partial charge in [-0.1, -0.05) is 5.21 Å². The molecule has 0 amide bonds. The molecule has 14 heavy (non-hydrogen) atoms. The number of hydrogen-bond donors (Lipinski definition) is 1. The molecule has 0 bridgehead atoms. The summed E-state index contributed by atoms with van der Waals surface area (Å²) >= 11 is 0. The number of hydrogen-bond acceptors (Lipinski definition) is 3. The molecular formula is C10H20N4. The van der Waals surface area contributed by atoms with Gasteiger partial charge in [-0.2, -0.15) is 0 Å². The Labute approximate surface area is 85.7 Å². The lowest BCUT2D eigenvalue weighted by atomic mass is 9.87. The lowest BCUT2D eigenvalue weighted by molar-refractivity contribution is 0.212. The van der Waals surface area contributed by atoms with Crippen LogP contribution < -0.4 is 5.32 Å². The van der Waals surface area contributed by atoms with Crippen LogP contribution >= 0.6 is 0 Å². The van der Waals surface area contributed by atoms with Crippen molar-refractivity contribution in [2.45, 2.75) is 45.2 Å². The van der Waals surface area contributed by atoms with Crippen molar-refractivity contribution >= 4 is 0 Å². The van der Waals surface area contributed by atoms with Gasteiger partial charge in [0.05, 0.1) is 11.7 Å². The van der Waals surface area contributed by atoms with Gasteiger partial charge >= 0.3 is 0 Å². The zero-order chi connectivity index (χ0) is 10.8. The first-order valence-corrected chi connectivity index (χ1v) is 4.93. The summed E-state index contributed by atoms with van der Waals surface area (Å²) in [4.78, 5) is 0. The maximum atomic E-state index is 4.05. The van der Waals surface area contributed by atoms with Crippen molar-refractivity contribution in [1.82, 2.24) is 20.3 Å². The molecule has 0 unspecified atom stereocenters. The highest BCUT2D eigenvalue weighted by Crippen LogP contribution is 2.25. The predicted molar refractivity (Wildman–Crippen MR) is 57.1 cm³/mol. The van der Waals surface area contributed by atoms with Gasteiger partial charge in [-0.25, -0.2) is 4.68 Å². The summed E-state index contributed by atoms with van der Waals surface area (Å²) in [5.41, 5.74) is 0.0957. The van der Waals surface area contributed by atoms with Crippen LogP contribution in [-0.2, 0) is 5.54 Å². The first-order valence-electron chi connectivity index (χ1n) is 4.93. The summed E-state index contributed by atoms with van der Waals surface area (Å²) in [6.45, 7) is 8.71. The van der Waals surface area contributed by atoms with Crippen LogP contribution in [0.5, 0.6) is 0 Å². The Bertz CT molecular complexity index is 274. The summed E-state index contributed by atoms with van der Waals surface area (Å²) in [6.07, 6.45) is 4.62. The van der Waals surface area contributed by atoms with Crippen molar-refractivity contribution in [3.05, 3.63) is 12.4 Å². The smallest absolute Gasteiger partial charge is 0.0693 e. The topological polar surface area (TPSA) is 42.7 Å². The first-order chi connectivity index (χ1) is 6.37. The molecule has 0 spiro atoms. The van der Waals surface area contributed by atoms with E-state index in [1.54, 1.807) is 6.20 Å². The van der Waals surface area contributed by atoms with Crippen molar-refractivity contribution in [1.29, 1.82) is 0 Å². The zero-order valence-corrected chi connectivity index (χ0v) is 9.70. The van der Waals surface area contributed by atoms with Crippen LogP contribution in [0.2, 0.25) is 0 Å². The van der Waals surface area contributed by atoms with Crippen molar-refractivity contribution in [3.63, 3.8) is 0 Å². The fourth-order valence-electron chi connectivity index (χ4n) is 1.78. The number of nitrogens with one attached hydrogen (secondary N) is 1. The maximum Gasteiger partial charge on any atom is 0.0693 e. The molecule has 1 heterocycles. The second kappa shape index (κ2) is 3.69. The third kappa shape index (κ3) is 2.54. The van der Waals surface area contributed by atoms with Crippen LogP contribution in [0.1, 0.15) is 34.1 Å². The quantitative estimate of drug-likeness (QED) is 0.791. The van der Waals surface area contributed by atoms with E-state index < -0.39 is 0 Å². The average Bonchev–Trinajstić information content (AvgIpc) is 2.54. The SMILES string of the molecule is CNC(C)(C)CC(C)(C)n1ccnn1. The van der Waals surface area contributed by atoms with Crippen LogP contribution in [0, 0.1) is 0 Å². The van der Waals surface area contributed by atoms with E-state index in [1.807, 2.05) is 17.9 Å². The highest BCUT2D eigenvalue weighted by atomic mass is 15.4. The molecule has 4 nitrogen and oxygen atoms in total. The molecule has 0 fully saturated rings. The molecule has 0 saturated heterocycles. The normalized spacial score (nSPS) is 13.2. The van der Waals surface area contributed by atoms with Gasteiger partial charge in [0.15, 0.2) is 0 Å². The summed E-state index contributed by atoms with van der Waals surface area (Å²) in [6, 6.07) is 0. The van der Waals surface area contributed by atoms with Crippen LogP contribution in [0.25, 0.3) is 0 Å². The lowest BCUT2D eigenvalue weighted by Crippen LogP contribution is -2.44. The molecule has 0 radical (unpaired) electrons. The summed E-state index contributed by atoms with van der Waals surface area (Å²) in [5.74, 6) is 0. The summed E-state index contributed by atoms with van der Waals surface area (Å²) in [7, 11) is 1.98. The number of aromatic nitrogens is 3. The van der Waals surface area contributed by atoms with Gasteiger partial charge in [0.1, 0.15) is 0 Å². The maximum absolute atomic E-state index is 4.05. The minimum absolute atomic E-state index is 0.0109. The third-order valence-corrected chi connectivity index (χ3v) is 2.59. The average molecular weight is 196 g/mol. The Balaban J connectivity index is 2.77. The van der Waals surface area contributed by atoms with Crippen molar-refractivity contribution in [3.8, 4) is 0 Å². The molecular weight excluding hydrogens is 176 g/mol. The molecule has 4 heteroatoms. The molecule has 80 valence electrons. The molecule has 1 aromatic rings. The van der Waals surface area contributed by atoms with Gasteiger partial charge in [-0.15, -0.1) is 5.10 Å². The molecule has 0 aliphatic rings. The van der Waals surface area contributed by atoms with Crippen LogP contribution in [0.4, 0.5) is 0 Å². The largest absolute Gasteiger partial charge is 0.315 e. The van der Waals surface area contributed by atoms with Crippen molar-refractivity contribution in [2.75, 3.05) is 7.05 Å². The van der Waals surface area contributed by atoms with Gasteiger partial charge in [0, 0.05) is 11.7 Å². The van der Waals surface area contributed by atoms with Crippen LogP contribution in [-0.4, -0.2) is 27.6 Å². The van der Waals surface area contributed by atoms with E-state index >= 15 is 0 Å². The van der Waals surface area contributed by atoms with Crippen LogP contribution in [0.15, 0.2) is 12.4 Å². The van der Waals surface area contributed by atoms with E-state index in [-0.39, 0.29) is 11.1 Å². The second-order valence-corrected chi connectivity index (χ2v) is 4.97. The summed E-state index contributed by atoms with van der Waals surface area (Å²) < 4.78 is 1.91. The standard InChI is InChI=1S/C10H20N4/c1-9(2,11-5)8-10(3,4)14-7-6-12-13-14/h6-7,11H,8H2,1-5H3. The molecule has 0 saturated carbocycles. The Kier molecular flexibility index (Phi) is 2.95. The molecule has 0 aliphatic heterocycles. The Morgan fingerprint density at radius 2 is 1.93 bits per heavy atom. The fraction of sp³-hybridized carbons (Fsp3) is 0.800. The van der Waals surface area contributed by atoms with E-state index in [4.69, 9.17) is 0 Å². The molecule has 1 aromatic heterocycles. The van der Waals surface area contributed by atoms with Gasteiger partial charge < -0.3 is 5.32 Å². The van der Waals surface area contributed by atoms with E-state index in [1.165, 1.54) is 0 Å². The van der Waals surface area contributed by atoms with Crippen molar-refractivity contribution in [2.24, 2.45) is 0 Å². The monoisotopic (exact) mass is 196 g/mol. The van der Waals surface area contributed by atoms with E-state index in [9.17, 15) is 0 Å². The molecule has 0 aromatic carbocycles. The number of rotatable bonds is 4. The molecule has 0 aliphatic carbocycles. The number of nitrogens with zero attached hydrogens (tertiary/aromatic N) is 3. The summed E-state index contributed by atoms with van der Waals surface area (Å²) in [5, 5.41) is 11.2. The molecule has 1 rings (SSSR count). The highest BCUT2D eigenvalue weighted by molar-refractivity contribution is 4.88. The third-order valence-electron chi connectivity index (χ3n) is 2.59. The Hall–Kier alpha value is -0.900. The second-order valence-electron chi connectivity index (χ2n) is 4.97.